The Morgan fingerprint density at radius 1 is 1.27 bits per heavy atom. The first kappa shape index (κ1) is 15.2. The second-order valence-electron chi connectivity index (χ2n) is 4.95. The van der Waals surface area contributed by atoms with E-state index in [1.807, 2.05) is 0 Å². The quantitative estimate of drug-likeness (QED) is 0.843. The number of nitrogens with one attached hydrogen (secondary N) is 1. The molecule has 0 unspecified atom stereocenters. The predicted molar refractivity (Wildman–Crippen MR) is 65.4 cm³/mol. The van der Waals surface area contributed by atoms with Crippen LogP contribution in [0.15, 0.2) is 18.2 Å². The van der Waals surface area contributed by atoms with Crippen molar-refractivity contribution in [3.8, 4) is 17.2 Å². The zero-order valence-electron chi connectivity index (χ0n) is 11.2. The average Bonchev–Trinajstić information content (AvgIpc) is 2.98. The van der Waals surface area contributed by atoms with E-state index in [1.54, 1.807) is 0 Å². The first-order chi connectivity index (χ1) is 10.4. The van der Waals surface area contributed by atoms with Crippen molar-refractivity contribution < 1.29 is 36.5 Å². The summed E-state index contributed by atoms with van der Waals surface area (Å²) >= 11 is 0. The van der Waals surface area contributed by atoms with Gasteiger partial charge in [0.05, 0.1) is 6.61 Å². The van der Waals surface area contributed by atoms with E-state index >= 15 is 0 Å². The second kappa shape index (κ2) is 5.81. The average molecular weight is 323 g/mol. The Morgan fingerprint density at radius 3 is 2.82 bits per heavy atom. The fraction of sp³-hybridized carbons (Fsp3) is 0.538. The standard InChI is InChI=1S/C13H13F4NO4/c14-12(15)19-6-7-3-9(5-18-7)20-8-1-2-10-11(4-8)22-13(16,17)21-10/h1-2,4,7,9,12,18H,3,5-6H2/t7-,9-/m0/s1. The molecule has 1 aromatic carbocycles. The number of alkyl halides is 4. The van der Waals surface area contributed by atoms with Crippen LogP contribution in [0.2, 0.25) is 0 Å². The lowest BCUT2D eigenvalue weighted by Gasteiger charge is -2.13. The van der Waals surface area contributed by atoms with Crippen LogP contribution in [0.1, 0.15) is 6.42 Å². The molecule has 0 saturated carbocycles. The smallest absolute Gasteiger partial charge is 0.489 e. The van der Waals surface area contributed by atoms with Gasteiger partial charge in [0, 0.05) is 25.1 Å². The van der Waals surface area contributed by atoms with Crippen molar-refractivity contribution in [1.82, 2.24) is 5.32 Å². The van der Waals surface area contributed by atoms with E-state index < -0.39 is 12.9 Å². The lowest BCUT2D eigenvalue weighted by Crippen LogP contribution is -2.27. The number of rotatable bonds is 5. The van der Waals surface area contributed by atoms with Gasteiger partial charge in [-0.1, -0.05) is 0 Å². The summed E-state index contributed by atoms with van der Waals surface area (Å²) in [5.41, 5.74) is 0. The van der Waals surface area contributed by atoms with Crippen LogP contribution in [-0.4, -0.2) is 38.2 Å². The van der Waals surface area contributed by atoms with Crippen LogP contribution in [0.25, 0.3) is 0 Å². The molecule has 2 aliphatic rings. The molecule has 3 rings (SSSR count). The van der Waals surface area contributed by atoms with Crippen LogP contribution in [0.5, 0.6) is 17.2 Å². The van der Waals surface area contributed by atoms with E-state index in [4.69, 9.17) is 4.74 Å². The zero-order chi connectivity index (χ0) is 15.7. The first-order valence-electron chi connectivity index (χ1n) is 6.61. The van der Waals surface area contributed by atoms with E-state index in [-0.39, 0.29) is 30.3 Å². The van der Waals surface area contributed by atoms with Crippen molar-refractivity contribution >= 4 is 0 Å². The van der Waals surface area contributed by atoms with E-state index in [0.717, 1.165) is 0 Å². The molecule has 0 aliphatic carbocycles. The summed E-state index contributed by atoms with van der Waals surface area (Å²) in [5, 5.41) is 2.99. The molecule has 22 heavy (non-hydrogen) atoms. The van der Waals surface area contributed by atoms with Crippen LogP contribution in [0.3, 0.4) is 0 Å². The third-order valence-corrected chi connectivity index (χ3v) is 3.28. The topological polar surface area (TPSA) is 49.0 Å². The van der Waals surface area contributed by atoms with Gasteiger partial charge in [0.25, 0.3) is 0 Å². The third-order valence-electron chi connectivity index (χ3n) is 3.28. The Bertz CT molecular complexity index is 543. The minimum atomic E-state index is -3.67. The molecular formula is C13H13F4NO4. The fourth-order valence-electron chi connectivity index (χ4n) is 2.38. The first-order valence-corrected chi connectivity index (χ1v) is 6.61. The molecule has 0 bridgehead atoms. The summed E-state index contributed by atoms with van der Waals surface area (Å²) in [5.74, 6) is 0.165. The largest absolute Gasteiger partial charge is 0.586 e. The lowest BCUT2D eigenvalue weighted by molar-refractivity contribution is -0.286. The molecule has 9 heteroatoms. The van der Waals surface area contributed by atoms with Crippen LogP contribution in [0, 0.1) is 0 Å². The molecule has 5 nitrogen and oxygen atoms in total. The molecule has 1 saturated heterocycles. The molecule has 2 atom stereocenters. The zero-order valence-corrected chi connectivity index (χ0v) is 11.2. The SMILES string of the molecule is FC(F)OC[C@@H]1C[C@H](Oc2ccc3c(c2)OC(F)(F)O3)CN1. The van der Waals surface area contributed by atoms with Crippen molar-refractivity contribution in [2.24, 2.45) is 0 Å². The van der Waals surface area contributed by atoms with Crippen molar-refractivity contribution in [1.29, 1.82) is 0 Å². The highest BCUT2D eigenvalue weighted by Crippen LogP contribution is 2.42. The Kier molecular flexibility index (Phi) is 4.00. The lowest BCUT2D eigenvalue weighted by atomic mass is 10.2. The van der Waals surface area contributed by atoms with Gasteiger partial charge in [-0.2, -0.15) is 8.78 Å². The van der Waals surface area contributed by atoms with Gasteiger partial charge in [-0.3, -0.25) is 0 Å². The minimum Gasteiger partial charge on any atom is -0.489 e. The molecular weight excluding hydrogens is 310 g/mol. The number of hydrogen-bond acceptors (Lipinski definition) is 5. The van der Waals surface area contributed by atoms with Crippen molar-refractivity contribution in [3.63, 3.8) is 0 Å². The third kappa shape index (κ3) is 3.53. The van der Waals surface area contributed by atoms with Gasteiger partial charge in [0.15, 0.2) is 11.5 Å². The summed E-state index contributed by atoms with van der Waals surface area (Å²) in [7, 11) is 0. The summed E-state index contributed by atoms with van der Waals surface area (Å²) in [4.78, 5) is 0. The molecule has 0 spiro atoms. The molecule has 0 aromatic heterocycles. The van der Waals surface area contributed by atoms with Gasteiger partial charge in [-0.05, 0) is 12.1 Å². The molecule has 0 radical (unpaired) electrons. The van der Waals surface area contributed by atoms with Gasteiger partial charge >= 0.3 is 12.9 Å². The van der Waals surface area contributed by atoms with Crippen LogP contribution in [-0.2, 0) is 4.74 Å². The maximum Gasteiger partial charge on any atom is 0.586 e. The maximum absolute atomic E-state index is 12.9. The maximum atomic E-state index is 12.9. The predicted octanol–water partition coefficient (Wildman–Crippen LogP) is 2.36. The summed E-state index contributed by atoms with van der Waals surface area (Å²) in [6, 6.07) is 3.87. The number of fused-ring (bicyclic) bond motifs is 1. The van der Waals surface area contributed by atoms with Crippen molar-refractivity contribution in [2.45, 2.75) is 31.5 Å². The molecule has 0 amide bonds. The fourth-order valence-corrected chi connectivity index (χ4v) is 2.38. The monoisotopic (exact) mass is 323 g/mol. The van der Waals surface area contributed by atoms with Crippen molar-refractivity contribution in [2.75, 3.05) is 13.2 Å². The van der Waals surface area contributed by atoms with E-state index in [1.165, 1.54) is 18.2 Å². The summed E-state index contributed by atoms with van der Waals surface area (Å²) in [6.07, 6.45) is -3.47. The molecule has 1 fully saturated rings. The molecule has 1 N–H and O–H groups in total. The van der Waals surface area contributed by atoms with Gasteiger partial charge in [0.2, 0.25) is 0 Å². The Balaban J connectivity index is 1.55. The van der Waals surface area contributed by atoms with E-state index in [9.17, 15) is 17.6 Å². The highest BCUT2D eigenvalue weighted by Gasteiger charge is 2.43. The summed E-state index contributed by atoms with van der Waals surface area (Å²) in [6.45, 7) is -2.48. The van der Waals surface area contributed by atoms with Gasteiger partial charge in [-0.25, -0.2) is 0 Å². The van der Waals surface area contributed by atoms with Gasteiger partial charge in [0.1, 0.15) is 11.9 Å². The highest BCUT2D eigenvalue weighted by molar-refractivity contribution is 5.47. The van der Waals surface area contributed by atoms with Gasteiger partial charge in [-0.15, -0.1) is 8.78 Å². The van der Waals surface area contributed by atoms with Crippen molar-refractivity contribution in [3.05, 3.63) is 18.2 Å². The van der Waals surface area contributed by atoms with E-state index in [2.05, 4.69) is 19.5 Å². The number of halogens is 4. The minimum absolute atomic E-state index is 0.0647. The molecule has 122 valence electrons. The summed E-state index contributed by atoms with van der Waals surface area (Å²) < 4.78 is 68.2. The normalized spacial score (nSPS) is 25.7. The van der Waals surface area contributed by atoms with Crippen LogP contribution >= 0.6 is 0 Å². The van der Waals surface area contributed by atoms with Crippen LogP contribution in [0.4, 0.5) is 17.6 Å². The number of benzene rings is 1. The number of ether oxygens (including phenoxy) is 4. The molecule has 2 aliphatic heterocycles. The number of hydrogen-bond donors (Lipinski definition) is 1. The Hall–Kier alpha value is -1.74. The molecule has 2 heterocycles. The Morgan fingerprint density at radius 2 is 2.05 bits per heavy atom. The van der Waals surface area contributed by atoms with Gasteiger partial charge < -0.3 is 24.3 Å². The van der Waals surface area contributed by atoms with Crippen LogP contribution < -0.4 is 19.5 Å². The Labute approximate surface area is 123 Å². The van der Waals surface area contributed by atoms with E-state index in [0.29, 0.717) is 18.7 Å². The molecule has 1 aromatic rings. The highest BCUT2D eigenvalue weighted by atomic mass is 19.3. The second-order valence-corrected chi connectivity index (χ2v) is 4.95.